The monoisotopic (exact) mass is 463 g/mol. The van der Waals surface area contributed by atoms with Crippen molar-refractivity contribution in [2.24, 2.45) is 0 Å². The Kier molecular flexibility index (Phi) is 7.20. The topological polar surface area (TPSA) is 84.0 Å². The van der Waals surface area contributed by atoms with Gasteiger partial charge in [-0.2, -0.15) is 0 Å². The second kappa shape index (κ2) is 9.85. The normalized spacial score (nSPS) is 10.6. The van der Waals surface area contributed by atoms with Crippen LogP contribution in [0.1, 0.15) is 16.1 Å². The van der Waals surface area contributed by atoms with Crippen LogP contribution in [0, 0.1) is 6.92 Å². The number of carbonyl (C=O) groups excluding carboxylic acids is 2. The van der Waals surface area contributed by atoms with Gasteiger partial charge >= 0.3 is 5.97 Å². The maximum Gasteiger partial charge on any atom is 0.344 e. The molecule has 0 spiro atoms. The summed E-state index contributed by atoms with van der Waals surface area (Å²) < 4.78 is 20.9. The average Bonchev–Trinajstić information content (AvgIpc) is 2.76. The Bertz CT molecular complexity index is 1150. The van der Waals surface area contributed by atoms with Gasteiger partial charge in [-0.25, -0.2) is 9.78 Å². The van der Waals surface area contributed by atoms with Crippen molar-refractivity contribution < 1.29 is 28.5 Å². The number of aromatic nitrogens is 1. The lowest BCUT2D eigenvalue weighted by Gasteiger charge is -2.12. The Morgan fingerprint density at radius 3 is 2.45 bits per heavy atom. The third-order valence-corrected chi connectivity index (χ3v) is 4.98. The quantitative estimate of drug-likeness (QED) is 0.354. The van der Waals surface area contributed by atoms with Crippen molar-refractivity contribution in [1.29, 1.82) is 0 Å². The summed E-state index contributed by atoms with van der Waals surface area (Å²) in [6, 6.07) is 9.84. The van der Waals surface area contributed by atoms with Crippen LogP contribution in [0.5, 0.6) is 17.2 Å². The predicted octanol–water partition coefficient (Wildman–Crippen LogP) is 4.67. The minimum absolute atomic E-state index is 0.211. The van der Waals surface area contributed by atoms with E-state index in [0.29, 0.717) is 27.4 Å². The van der Waals surface area contributed by atoms with Crippen molar-refractivity contribution in [3.63, 3.8) is 0 Å². The van der Waals surface area contributed by atoms with E-state index >= 15 is 0 Å². The first kappa shape index (κ1) is 22.7. The predicted molar refractivity (Wildman–Crippen MR) is 117 cm³/mol. The van der Waals surface area contributed by atoms with E-state index in [1.165, 1.54) is 26.4 Å². The summed E-state index contributed by atoms with van der Waals surface area (Å²) in [7, 11) is 2.94. The van der Waals surface area contributed by atoms with Gasteiger partial charge < -0.3 is 18.9 Å². The Labute approximate surface area is 188 Å². The number of ether oxygens (including phenoxy) is 4. The molecule has 0 atom stereocenters. The molecular formula is C22H19Cl2NO6. The number of ketones is 1. The number of halogens is 2. The summed E-state index contributed by atoms with van der Waals surface area (Å²) in [5.41, 5.74) is 1.44. The lowest BCUT2D eigenvalue weighted by Crippen LogP contribution is -2.20. The van der Waals surface area contributed by atoms with Crippen LogP contribution in [0.3, 0.4) is 0 Å². The highest BCUT2D eigenvalue weighted by Crippen LogP contribution is 2.37. The highest BCUT2D eigenvalue weighted by Gasteiger charge is 2.18. The van der Waals surface area contributed by atoms with Gasteiger partial charge in [-0.05, 0) is 37.3 Å². The Hall–Kier alpha value is -3.03. The van der Waals surface area contributed by atoms with Gasteiger partial charge in [-0.15, -0.1) is 0 Å². The molecule has 0 amide bonds. The number of aryl methyl sites for hydroxylation is 1. The number of benzene rings is 2. The molecule has 2 aromatic carbocycles. The van der Waals surface area contributed by atoms with Crippen molar-refractivity contribution >= 4 is 45.9 Å². The molecule has 31 heavy (non-hydrogen) atoms. The van der Waals surface area contributed by atoms with Crippen LogP contribution in [-0.2, 0) is 9.53 Å². The molecule has 0 saturated carbocycles. The van der Waals surface area contributed by atoms with E-state index in [1.807, 2.05) is 6.92 Å². The van der Waals surface area contributed by atoms with Crippen LogP contribution in [0.4, 0.5) is 0 Å². The molecule has 1 heterocycles. The van der Waals surface area contributed by atoms with Crippen molar-refractivity contribution in [3.05, 3.63) is 57.7 Å². The fraction of sp³-hybridized carbons (Fsp3) is 0.227. The van der Waals surface area contributed by atoms with Crippen LogP contribution >= 0.6 is 23.2 Å². The number of methoxy groups -OCH3 is 2. The van der Waals surface area contributed by atoms with Gasteiger partial charge in [0.15, 0.2) is 19.0 Å². The van der Waals surface area contributed by atoms with E-state index in [4.69, 9.17) is 42.1 Å². The number of pyridine rings is 1. The average molecular weight is 464 g/mol. The third kappa shape index (κ3) is 5.18. The van der Waals surface area contributed by atoms with Crippen molar-refractivity contribution in [2.45, 2.75) is 6.92 Å². The van der Waals surface area contributed by atoms with E-state index in [0.717, 1.165) is 5.69 Å². The van der Waals surface area contributed by atoms with E-state index in [2.05, 4.69) is 4.98 Å². The van der Waals surface area contributed by atoms with Gasteiger partial charge in [-0.1, -0.05) is 23.2 Å². The molecule has 3 aromatic rings. The lowest BCUT2D eigenvalue weighted by atomic mass is 10.1. The number of fused-ring (bicyclic) bond motifs is 1. The van der Waals surface area contributed by atoms with Gasteiger partial charge in [0.05, 0.1) is 29.8 Å². The molecule has 0 radical (unpaired) electrons. The van der Waals surface area contributed by atoms with E-state index in [1.54, 1.807) is 24.3 Å². The van der Waals surface area contributed by atoms with E-state index in [9.17, 15) is 9.59 Å². The second-order valence-corrected chi connectivity index (χ2v) is 7.27. The van der Waals surface area contributed by atoms with Crippen LogP contribution in [-0.4, -0.2) is 44.2 Å². The zero-order valence-electron chi connectivity index (χ0n) is 17.0. The molecule has 9 heteroatoms. The first-order valence-corrected chi connectivity index (χ1v) is 9.88. The summed E-state index contributed by atoms with van der Waals surface area (Å²) in [6.07, 6.45) is 0. The first-order chi connectivity index (χ1) is 14.8. The Balaban J connectivity index is 1.66. The minimum atomic E-state index is -0.743. The van der Waals surface area contributed by atoms with Crippen molar-refractivity contribution in [2.75, 3.05) is 27.4 Å². The maximum absolute atomic E-state index is 12.4. The maximum atomic E-state index is 12.4. The summed E-state index contributed by atoms with van der Waals surface area (Å²) in [4.78, 5) is 29.0. The standard InChI is InChI=1S/C22H19Cl2NO6/c1-12-4-6-14-16(23)9-17(24)22(21(14)25-12)31-11-20(27)30-10-18(26)15-7-5-13(28-2)8-19(15)29-3/h4-9H,10-11H2,1-3H3. The molecule has 3 rings (SSSR count). The number of nitrogens with zero attached hydrogens (tertiary/aromatic N) is 1. The molecule has 0 aliphatic heterocycles. The van der Waals surface area contributed by atoms with Gasteiger partial charge in [-0.3, -0.25) is 4.79 Å². The van der Waals surface area contributed by atoms with E-state index < -0.39 is 25.0 Å². The molecular weight excluding hydrogens is 445 g/mol. The molecule has 0 fully saturated rings. The molecule has 162 valence electrons. The second-order valence-electron chi connectivity index (χ2n) is 6.46. The van der Waals surface area contributed by atoms with Crippen molar-refractivity contribution in [3.8, 4) is 17.2 Å². The van der Waals surface area contributed by atoms with Crippen LogP contribution < -0.4 is 14.2 Å². The summed E-state index contributed by atoms with van der Waals surface area (Å²) >= 11 is 12.4. The molecule has 0 aliphatic carbocycles. The number of hydrogen-bond acceptors (Lipinski definition) is 7. The fourth-order valence-corrected chi connectivity index (χ4v) is 3.42. The summed E-state index contributed by atoms with van der Waals surface area (Å²) in [5, 5.41) is 1.27. The molecule has 0 aliphatic rings. The van der Waals surface area contributed by atoms with Crippen molar-refractivity contribution in [1.82, 2.24) is 4.98 Å². The number of Topliss-reactive ketones (excluding diaryl/α,β-unsaturated/α-hetero) is 1. The van der Waals surface area contributed by atoms with Crippen LogP contribution in [0.25, 0.3) is 10.9 Å². The fourth-order valence-electron chi connectivity index (χ4n) is 2.85. The first-order valence-electron chi connectivity index (χ1n) is 9.13. The Morgan fingerprint density at radius 1 is 0.968 bits per heavy atom. The van der Waals surface area contributed by atoms with Gasteiger partial charge in [0, 0.05) is 17.1 Å². The number of rotatable bonds is 8. The van der Waals surface area contributed by atoms with Gasteiger partial charge in [0.25, 0.3) is 0 Å². The number of esters is 1. The molecule has 0 unspecified atom stereocenters. The number of carbonyl (C=O) groups is 2. The largest absolute Gasteiger partial charge is 0.497 e. The summed E-state index contributed by atoms with van der Waals surface area (Å²) in [6.45, 7) is 0.877. The molecule has 0 bridgehead atoms. The zero-order valence-corrected chi connectivity index (χ0v) is 18.5. The molecule has 0 saturated heterocycles. The van der Waals surface area contributed by atoms with E-state index in [-0.39, 0.29) is 16.3 Å². The minimum Gasteiger partial charge on any atom is -0.497 e. The highest BCUT2D eigenvalue weighted by molar-refractivity contribution is 6.39. The third-order valence-electron chi connectivity index (χ3n) is 4.38. The van der Waals surface area contributed by atoms with Gasteiger partial charge in [0.2, 0.25) is 5.78 Å². The Morgan fingerprint density at radius 2 is 1.74 bits per heavy atom. The highest BCUT2D eigenvalue weighted by atomic mass is 35.5. The smallest absolute Gasteiger partial charge is 0.344 e. The SMILES string of the molecule is COc1ccc(C(=O)COC(=O)COc2c(Cl)cc(Cl)c3ccc(C)nc23)c(OC)c1. The summed E-state index contributed by atoms with van der Waals surface area (Å²) in [5.74, 6) is -0.107. The van der Waals surface area contributed by atoms with Crippen LogP contribution in [0.2, 0.25) is 10.0 Å². The molecule has 7 nitrogen and oxygen atoms in total. The molecule has 0 N–H and O–H groups in total. The zero-order chi connectivity index (χ0) is 22.5. The lowest BCUT2D eigenvalue weighted by molar-refractivity contribution is -0.144. The molecule has 1 aromatic heterocycles. The van der Waals surface area contributed by atoms with Crippen LogP contribution in [0.15, 0.2) is 36.4 Å². The number of hydrogen-bond donors (Lipinski definition) is 0. The van der Waals surface area contributed by atoms with Gasteiger partial charge in [0.1, 0.15) is 17.0 Å².